The van der Waals surface area contributed by atoms with Crippen molar-refractivity contribution >= 4 is 23.8 Å². The number of hydrogen-bond acceptors (Lipinski definition) is 4. The Morgan fingerprint density at radius 3 is 2.70 bits per heavy atom. The number of benzene rings is 1. The highest BCUT2D eigenvalue weighted by Gasteiger charge is 2.27. The number of carbonyl (C=O) groups is 2. The zero-order valence-corrected chi connectivity index (χ0v) is 14.5. The third kappa shape index (κ3) is 5.16. The van der Waals surface area contributed by atoms with Gasteiger partial charge < -0.3 is 15.2 Å². The van der Waals surface area contributed by atoms with Crippen molar-refractivity contribution in [3.8, 4) is 0 Å². The zero-order valence-electron chi connectivity index (χ0n) is 13.7. The first-order chi connectivity index (χ1) is 10.8. The first-order valence-corrected chi connectivity index (χ1v) is 8.79. The molecule has 0 saturated carbocycles. The minimum absolute atomic E-state index is 0.327. The van der Waals surface area contributed by atoms with Gasteiger partial charge in [0.1, 0.15) is 11.6 Å². The molecule has 0 heterocycles. The number of rotatable bonds is 6. The van der Waals surface area contributed by atoms with E-state index in [1.165, 1.54) is 11.1 Å². The summed E-state index contributed by atoms with van der Waals surface area (Å²) in [4.78, 5) is 23.0. The maximum Gasteiger partial charge on any atom is 0.408 e. The minimum Gasteiger partial charge on any atom is -0.480 e. The Balaban J connectivity index is 1.78. The Kier molecular flexibility index (Phi) is 5.57. The van der Waals surface area contributed by atoms with Crippen LogP contribution in [0.15, 0.2) is 24.3 Å². The van der Waals surface area contributed by atoms with Gasteiger partial charge in [0.2, 0.25) is 0 Å². The van der Waals surface area contributed by atoms with Gasteiger partial charge in [0.25, 0.3) is 0 Å². The molecule has 0 spiro atoms. The van der Waals surface area contributed by atoms with E-state index in [-0.39, 0.29) is 0 Å². The molecule has 0 bridgehead atoms. The number of carboxylic acid groups (broad SMARTS) is 1. The molecule has 2 N–H and O–H groups in total. The lowest BCUT2D eigenvalue weighted by atomic mass is 9.79. The summed E-state index contributed by atoms with van der Waals surface area (Å²) in [6.07, 6.45) is 0.347. The second-order valence-electron chi connectivity index (χ2n) is 6.67. The van der Waals surface area contributed by atoms with E-state index in [0.29, 0.717) is 11.7 Å². The molecule has 1 aromatic carbocycles. The summed E-state index contributed by atoms with van der Waals surface area (Å²) in [5.74, 6) is 0.619. The Bertz CT molecular complexity index is 582. The van der Waals surface area contributed by atoms with Crippen LogP contribution in [0, 0.1) is 0 Å². The van der Waals surface area contributed by atoms with Crippen molar-refractivity contribution in [1.82, 2.24) is 5.32 Å². The maximum atomic E-state index is 11.7. The van der Waals surface area contributed by atoms with Gasteiger partial charge in [-0.05, 0) is 44.2 Å². The fourth-order valence-electron chi connectivity index (χ4n) is 2.46. The molecular formula is C17H23NO4S. The number of carbonyl (C=O) groups excluding carboxylic acids is 1. The summed E-state index contributed by atoms with van der Waals surface area (Å²) in [7, 11) is 0. The Labute approximate surface area is 140 Å². The van der Waals surface area contributed by atoms with Gasteiger partial charge in [-0.15, -0.1) is 0 Å². The number of thioether (sulfide) groups is 1. The molecule has 0 radical (unpaired) electrons. The van der Waals surface area contributed by atoms with Crippen molar-refractivity contribution in [2.45, 2.75) is 44.8 Å². The Morgan fingerprint density at radius 2 is 2.09 bits per heavy atom. The molecule has 1 aliphatic rings. The van der Waals surface area contributed by atoms with E-state index in [4.69, 9.17) is 4.74 Å². The monoisotopic (exact) mass is 337 g/mol. The highest BCUT2D eigenvalue weighted by Crippen LogP contribution is 2.37. The van der Waals surface area contributed by atoms with E-state index in [1.54, 1.807) is 32.5 Å². The van der Waals surface area contributed by atoms with E-state index in [2.05, 4.69) is 17.4 Å². The molecule has 1 aromatic rings. The number of fused-ring (bicyclic) bond motifs is 1. The van der Waals surface area contributed by atoms with Crippen molar-refractivity contribution in [3.63, 3.8) is 0 Å². The molecule has 0 saturated heterocycles. The van der Waals surface area contributed by atoms with Gasteiger partial charge >= 0.3 is 12.1 Å². The largest absolute Gasteiger partial charge is 0.480 e. The SMILES string of the molecule is CC(C)(C)OC(=O)NC(CSCC1Cc2ccccc21)C(=O)O. The lowest BCUT2D eigenvalue weighted by Crippen LogP contribution is -2.45. The molecule has 5 nitrogen and oxygen atoms in total. The second-order valence-corrected chi connectivity index (χ2v) is 7.75. The van der Waals surface area contributed by atoms with Crippen molar-refractivity contribution < 1.29 is 19.4 Å². The highest BCUT2D eigenvalue weighted by molar-refractivity contribution is 7.99. The summed E-state index contributed by atoms with van der Waals surface area (Å²) in [5.41, 5.74) is 2.09. The van der Waals surface area contributed by atoms with Crippen LogP contribution in [0.3, 0.4) is 0 Å². The average Bonchev–Trinajstić information content (AvgIpc) is 2.40. The van der Waals surface area contributed by atoms with E-state index in [9.17, 15) is 14.7 Å². The molecule has 0 aromatic heterocycles. The minimum atomic E-state index is -1.04. The van der Waals surface area contributed by atoms with Crippen LogP contribution in [-0.4, -0.2) is 40.3 Å². The molecule has 6 heteroatoms. The first kappa shape index (κ1) is 17.7. The fourth-order valence-corrected chi connectivity index (χ4v) is 3.64. The normalized spacial score (nSPS) is 17.6. The lowest BCUT2D eigenvalue weighted by Gasteiger charge is -2.30. The fraction of sp³-hybridized carbons (Fsp3) is 0.529. The zero-order chi connectivity index (χ0) is 17.0. The van der Waals surface area contributed by atoms with E-state index in [1.807, 2.05) is 12.1 Å². The van der Waals surface area contributed by atoms with Crippen LogP contribution >= 0.6 is 11.8 Å². The topological polar surface area (TPSA) is 75.6 Å². The number of amides is 1. The molecule has 23 heavy (non-hydrogen) atoms. The van der Waals surface area contributed by atoms with Crippen molar-refractivity contribution in [2.75, 3.05) is 11.5 Å². The van der Waals surface area contributed by atoms with Gasteiger partial charge in [-0.3, -0.25) is 0 Å². The number of hydrogen-bond donors (Lipinski definition) is 2. The average molecular weight is 337 g/mol. The molecule has 0 aliphatic heterocycles. The van der Waals surface area contributed by atoms with Gasteiger partial charge in [-0.1, -0.05) is 24.3 Å². The van der Waals surface area contributed by atoms with Crippen LogP contribution in [0.4, 0.5) is 4.79 Å². The smallest absolute Gasteiger partial charge is 0.408 e. The number of alkyl carbamates (subject to hydrolysis) is 1. The molecule has 2 unspecified atom stereocenters. The molecule has 0 fully saturated rings. The predicted octanol–water partition coefficient (Wildman–Crippen LogP) is 3.04. The van der Waals surface area contributed by atoms with E-state index < -0.39 is 23.7 Å². The summed E-state index contributed by atoms with van der Waals surface area (Å²) in [6, 6.07) is 7.37. The van der Waals surface area contributed by atoms with Gasteiger partial charge in [0.15, 0.2) is 0 Å². The lowest BCUT2D eigenvalue weighted by molar-refractivity contribution is -0.138. The summed E-state index contributed by atoms with van der Waals surface area (Å²) < 4.78 is 5.10. The molecule has 2 atom stereocenters. The van der Waals surface area contributed by atoms with Crippen LogP contribution in [0.2, 0.25) is 0 Å². The molecule has 1 amide bonds. The van der Waals surface area contributed by atoms with Gasteiger partial charge in [0.05, 0.1) is 0 Å². The van der Waals surface area contributed by atoms with E-state index >= 15 is 0 Å². The highest BCUT2D eigenvalue weighted by atomic mass is 32.2. The molecule has 1 aliphatic carbocycles. The standard InChI is InChI=1S/C17H23NO4S/c1-17(2,3)22-16(21)18-14(15(19)20)10-23-9-12-8-11-6-4-5-7-13(11)12/h4-7,12,14H,8-10H2,1-3H3,(H,18,21)(H,19,20). The number of aliphatic carboxylic acids is 1. The van der Waals surface area contributed by atoms with Crippen LogP contribution in [0.25, 0.3) is 0 Å². The van der Waals surface area contributed by atoms with Gasteiger partial charge in [-0.2, -0.15) is 11.8 Å². The van der Waals surface area contributed by atoms with E-state index in [0.717, 1.165) is 12.2 Å². The molecular weight excluding hydrogens is 314 g/mol. The van der Waals surface area contributed by atoms with Crippen LogP contribution < -0.4 is 5.32 Å². The van der Waals surface area contributed by atoms with Crippen LogP contribution in [-0.2, 0) is 16.0 Å². The van der Waals surface area contributed by atoms with Crippen molar-refractivity contribution in [2.24, 2.45) is 0 Å². The Hall–Kier alpha value is -1.69. The maximum absolute atomic E-state index is 11.7. The number of nitrogens with one attached hydrogen (secondary N) is 1. The van der Waals surface area contributed by atoms with Crippen molar-refractivity contribution in [3.05, 3.63) is 35.4 Å². The quantitative estimate of drug-likeness (QED) is 0.834. The predicted molar refractivity (Wildman–Crippen MR) is 91.0 cm³/mol. The number of ether oxygens (including phenoxy) is 1. The summed E-state index contributed by atoms with van der Waals surface area (Å²) >= 11 is 1.55. The molecule has 2 rings (SSSR count). The molecule has 126 valence electrons. The first-order valence-electron chi connectivity index (χ1n) is 7.64. The summed E-state index contributed by atoms with van der Waals surface area (Å²) in [6.45, 7) is 5.22. The number of carboxylic acids is 1. The van der Waals surface area contributed by atoms with Crippen LogP contribution in [0.5, 0.6) is 0 Å². The van der Waals surface area contributed by atoms with Gasteiger partial charge in [0, 0.05) is 11.5 Å². The Morgan fingerprint density at radius 1 is 1.39 bits per heavy atom. The van der Waals surface area contributed by atoms with Crippen molar-refractivity contribution in [1.29, 1.82) is 0 Å². The third-order valence-corrected chi connectivity index (χ3v) is 4.76. The second kappa shape index (κ2) is 7.25. The van der Waals surface area contributed by atoms with Crippen LogP contribution in [0.1, 0.15) is 37.8 Å². The third-order valence-electron chi connectivity index (χ3n) is 3.55. The van der Waals surface area contributed by atoms with Gasteiger partial charge in [-0.25, -0.2) is 9.59 Å². The summed E-state index contributed by atoms with van der Waals surface area (Å²) in [5, 5.41) is 11.7.